The SMILES string of the molecule is CCCCCCCCCCCCCCCC(CCCCCCCC)c1[nH]cc[n+]1C(C)CCC. The number of H-pyrrole nitrogens is 1. The molecule has 2 nitrogen and oxygen atoms in total. The molecule has 0 saturated heterocycles. The maximum absolute atomic E-state index is 3.67. The third-order valence-corrected chi connectivity index (χ3v) is 7.87. The predicted molar refractivity (Wildman–Crippen MR) is 152 cm³/mol. The molecule has 0 radical (unpaired) electrons. The van der Waals surface area contributed by atoms with Gasteiger partial charge in [0.1, 0.15) is 12.4 Å². The van der Waals surface area contributed by atoms with Crippen molar-refractivity contribution in [3.63, 3.8) is 0 Å². The van der Waals surface area contributed by atoms with Crippen LogP contribution in [-0.4, -0.2) is 4.98 Å². The van der Waals surface area contributed by atoms with Gasteiger partial charge in [-0.15, -0.1) is 0 Å². The standard InChI is InChI=1S/C32H62N2/c1-5-8-10-12-14-15-16-17-18-19-20-22-24-27-31(26-23-21-13-11-9-6-2)32-33-28-29-34(32)30(4)25-7-3/h28-31H,5-27H2,1-4H3/p+1. The molecule has 2 heteroatoms. The van der Waals surface area contributed by atoms with Crippen LogP contribution < -0.4 is 4.57 Å². The van der Waals surface area contributed by atoms with Crippen molar-refractivity contribution in [3.8, 4) is 0 Å². The van der Waals surface area contributed by atoms with E-state index in [1.54, 1.807) is 0 Å². The Hall–Kier alpha value is -0.790. The minimum absolute atomic E-state index is 0.616. The highest BCUT2D eigenvalue weighted by Gasteiger charge is 2.25. The minimum atomic E-state index is 0.616. The van der Waals surface area contributed by atoms with E-state index < -0.39 is 0 Å². The smallest absolute Gasteiger partial charge is 0.247 e. The van der Waals surface area contributed by atoms with E-state index in [0.717, 1.165) is 0 Å². The lowest BCUT2D eigenvalue weighted by molar-refractivity contribution is -0.727. The van der Waals surface area contributed by atoms with Gasteiger partial charge in [-0.05, 0) is 26.2 Å². The second kappa shape index (κ2) is 22.7. The zero-order chi connectivity index (χ0) is 24.7. The summed E-state index contributed by atoms with van der Waals surface area (Å²) in [5.74, 6) is 2.22. The molecule has 0 spiro atoms. The van der Waals surface area contributed by atoms with Gasteiger partial charge in [0.05, 0.1) is 12.0 Å². The van der Waals surface area contributed by atoms with E-state index in [1.165, 1.54) is 154 Å². The van der Waals surface area contributed by atoms with Crippen molar-refractivity contribution in [2.45, 2.75) is 187 Å². The summed E-state index contributed by atoms with van der Waals surface area (Å²) < 4.78 is 2.56. The van der Waals surface area contributed by atoms with Crippen LogP contribution in [0.3, 0.4) is 0 Å². The van der Waals surface area contributed by atoms with Crippen molar-refractivity contribution in [1.29, 1.82) is 0 Å². The number of nitrogens with zero attached hydrogens (tertiary/aromatic N) is 1. The Morgan fingerprint density at radius 2 is 0.971 bits per heavy atom. The van der Waals surface area contributed by atoms with Crippen LogP contribution in [0.1, 0.15) is 193 Å². The van der Waals surface area contributed by atoms with E-state index in [1.807, 2.05) is 0 Å². The van der Waals surface area contributed by atoms with Crippen LogP contribution in [0.5, 0.6) is 0 Å². The monoisotopic (exact) mass is 475 g/mol. The van der Waals surface area contributed by atoms with Crippen molar-refractivity contribution in [1.82, 2.24) is 4.98 Å². The first kappa shape index (κ1) is 31.2. The molecule has 0 aliphatic heterocycles. The summed E-state index contributed by atoms with van der Waals surface area (Å²) >= 11 is 0. The molecule has 1 aromatic heterocycles. The molecule has 1 rings (SSSR count). The van der Waals surface area contributed by atoms with Gasteiger partial charge in [0.2, 0.25) is 0 Å². The Balaban J connectivity index is 2.29. The number of hydrogen-bond donors (Lipinski definition) is 1. The first-order chi connectivity index (χ1) is 16.7. The first-order valence-electron chi connectivity index (χ1n) is 15.8. The van der Waals surface area contributed by atoms with E-state index in [2.05, 4.69) is 49.6 Å². The maximum Gasteiger partial charge on any atom is 0.257 e. The molecular weight excluding hydrogens is 412 g/mol. The highest BCUT2D eigenvalue weighted by Crippen LogP contribution is 2.27. The van der Waals surface area contributed by atoms with E-state index in [9.17, 15) is 0 Å². The predicted octanol–water partition coefficient (Wildman–Crippen LogP) is 11.0. The Morgan fingerprint density at radius 1 is 0.559 bits per heavy atom. The second-order valence-electron chi connectivity index (χ2n) is 11.2. The summed E-state index contributed by atoms with van der Waals surface area (Å²) in [5, 5.41) is 0. The van der Waals surface area contributed by atoms with E-state index in [0.29, 0.717) is 12.0 Å². The molecule has 1 N–H and O–H groups in total. The van der Waals surface area contributed by atoms with Gasteiger partial charge < -0.3 is 0 Å². The highest BCUT2D eigenvalue weighted by molar-refractivity contribution is 4.90. The van der Waals surface area contributed by atoms with Crippen molar-refractivity contribution >= 4 is 0 Å². The summed E-state index contributed by atoms with van der Waals surface area (Å²) in [5.41, 5.74) is 0. The van der Waals surface area contributed by atoms with Crippen molar-refractivity contribution < 1.29 is 4.57 Å². The van der Waals surface area contributed by atoms with Gasteiger partial charge in [0, 0.05) is 0 Å². The fraction of sp³-hybridized carbons (Fsp3) is 0.906. The van der Waals surface area contributed by atoms with Gasteiger partial charge in [-0.1, -0.05) is 149 Å². The number of unbranched alkanes of at least 4 members (excludes halogenated alkanes) is 17. The van der Waals surface area contributed by atoms with Crippen molar-refractivity contribution in [3.05, 3.63) is 18.2 Å². The second-order valence-corrected chi connectivity index (χ2v) is 11.2. The molecule has 2 unspecified atom stereocenters. The molecule has 1 heterocycles. The van der Waals surface area contributed by atoms with Crippen LogP contribution in [0.15, 0.2) is 12.4 Å². The zero-order valence-corrected chi connectivity index (χ0v) is 24.0. The Bertz CT molecular complexity index is 535. The van der Waals surface area contributed by atoms with Crippen molar-refractivity contribution in [2.24, 2.45) is 0 Å². The Morgan fingerprint density at radius 3 is 1.38 bits per heavy atom. The molecule has 1 aromatic rings. The number of imidazole rings is 1. The fourth-order valence-electron chi connectivity index (χ4n) is 5.63. The highest BCUT2D eigenvalue weighted by atomic mass is 15.1. The molecule has 0 aliphatic rings. The number of rotatable bonds is 25. The molecule has 2 atom stereocenters. The Kier molecular flexibility index (Phi) is 20.8. The van der Waals surface area contributed by atoms with Gasteiger partial charge in [-0.2, -0.15) is 0 Å². The van der Waals surface area contributed by atoms with Gasteiger partial charge in [-0.25, -0.2) is 9.55 Å². The molecule has 0 saturated carbocycles. The van der Waals surface area contributed by atoms with Gasteiger partial charge in [0.15, 0.2) is 0 Å². The summed E-state index contributed by atoms with van der Waals surface area (Å²) in [6, 6.07) is 0.616. The fourth-order valence-corrected chi connectivity index (χ4v) is 5.63. The van der Waals surface area contributed by atoms with E-state index in [-0.39, 0.29) is 0 Å². The van der Waals surface area contributed by atoms with E-state index >= 15 is 0 Å². The maximum atomic E-state index is 3.67. The summed E-state index contributed by atoms with van der Waals surface area (Å²) in [6.45, 7) is 9.33. The lowest BCUT2D eigenvalue weighted by Crippen LogP contribution is -2.41. The molecule has 200 valence electrons. The normalized spacial score (nSPS) is 13.4. The molecule has 0 amide bonds. The molecule has 0 aromatic carbocycles. The lowest BCUT2D eigenvalue weighted by Gasteiger charge is -2.17. The zero-order valence-electron chi connectivity index (χ0n) is 24.0. The third kappa shape index (κ3) is 15.3. The number of nitrogens with one attached hydrogen (secondary N) is 1. The van der Waals surface area contributed by atoms with Gasteiger partial charge in [0.25, 0.3) is 5.82 Å². The largest absolute Gasteiger partial charge is 0.257 e. The van der Waals surface area contributed by atoms with Crippen LogP contribution in [0.2, 0.25) is 0 Å². The molecule has 0 aliphatic carbocycles. The first-order valence-corrected chi connectivity index (χ1v) is 15.8. The van der Waals surface area contributed by atoms with Crippen LogP contribution in [0, 0.1) is 0 Å². The molecule has 0 bridgehead atoms. The average Bonchev–Trinajstić information content (AvgIpc) is 3.33. The minimum Gasteiger partial charge on any atom is -0.247 e. The molecule has 34 heavy (non-hydrogen) atoms. The topological polar surface area (TPSA) is 19.7 Å². The number of aromatic nitrogens is 2. The van der Waals surface area contributed by atoms with E-state index in [4.69, 9.17) is 0 Å². The van der Waals surface area contributed by atoms with Crippen LogP contribution in [0.25, 0.3) is 0 Å². The summed E-state index contributed by atoms with van der Waals surface area (Å²) in [4.78, 5) is 3.67. The molecular formula is C32H63N2+. The molecule has 0 fully saturated rings. The number of hydrogen-bond acceptors (Lipinski definition) is 0. The quantitative estimate of drug-likeness (QED) is 0.107. The van der Waals surface area contributed by atoms with Gasteiger partial charge in [-0.3, -0.25) is 0 Å². The average molecular weight is 476 g/mol. The van der Waals surface area contributed by atoms with Crippen LogP contribution in [-0.2, 0) is 0 Å². The summed E-state index contributed by atoms with van der Waals surface area (Å²) in [7, 11) is 0. The summed E-state index contributed by atoms with van der Waals surface area (Å²) in [6.07, 6.45) is 36.9. The van der Waals surface area contributed by atoms with Crippen LogP contribution in [0.4, 0.5) is 0 Å². The van der Waals surface area contributed by atoms with Crippen molar-refractivity contribution in [2.75, 3.05) is 0 Å². The Labute approximate surface area is 215 Å². The number of aromatic amines is 1. The van der Waals surface area contributed by atoms with Gasteiger partial charge >= 0.3 is 0 Å². The lowest BCUT2D eigenvalue weighted by atomic mass is 9.93. The van der Waals surface area contributed by atoms with Crippen LogP contribution >= 0.6 is 0 Å². The third-order valence-electron chi connectivity index (χ3n) is 7.87.